The number of Topliss-reactive ketones (excluding diaryl/α,β-unsaturated/α-hetero) is 1. The molecule has 0 atom stereocenters. The van der Waals surface area contributed by atoms with E-state index in [0.717, 1.165) is 29.6 Å². The fourth-order valence-corrected chi connectivity index (χ4v) is 2.59. The topological polar surface area (TPSA) is 46.5 Å². The molecule has 2 rings (SSSR count). The third kappa shape index (κ3) is 4.59. The molecular formula is C20H24O3. The van der Waals surface area contributed by atoms with Gasteiger partial charge in [-0.3, -0.25) is 4.79 Å². The minimum absolute atomic E-state index is 0.0139. The lowest BCUT2D eigenvalue weighted by Crippen LogP contribution is -2.10. The quantitative estimate of drug-likeness (QED) is 0.434. The fraction of sp³-hybridized carbons (Fsp3) is 0.350. The monoisotopic (exact) mass is 312 g/mol. The number of carbonyl (C=O) groups excluding carboxylic acids is 1. The van der Waals surface area contributed by atoms with E-state index in [1.165, 1.54) is 0 Å². The number of ether oxygens (including phenoxy) is 1. The highest BCUT2D eigenvalue weighted by atomic mass is 16.5. The highest BCUT2D eigenvalue weighted by Gasteiger charge is 2.19. The summed E-state index contributed by atoms with van der Waals surface area (Å²) in [5.74, 6) is 0.778. The number of aliphatic hydroxyl groups is 1. The Bertz CT molecular complexity index is 665. The van der Waals surface area contributed by atoms with Gasteiger partial charge in [-0.1, -0.05) is 30.4 Å². The maximum Gasteiger partial charge on any atom is 0.196 e. The summed E-state index contributed by atoms with van der Waals surface area (Å²) < 4.78 is 5.80. The van der Waals surface area contributed by atoms with E-state index in [-0.39, 0.29) is 11.5 Å². The predicted molar refractivity (Wildman–Crippen MR) is 93.1 cm³/mol. The normalized spacial score (nSPS) is 14.0. The molecule has 3 heteroatoms. The van der Waals surface area contributed by atoms with E-state index in [1.807, 2.05) is 44.2 Å². The highest BCUT2D eigenvalue weighted by Crippen LogP contribution is 2.28. The van der Waals surface area contributed by atoms with E-state index in [4.69, 9.17) is 9.84 Å². The maximum absolute atomic E-state index is 12.8. The Morgan fingerprint density at radius 1 is 1.35 bits per heavy atom. The van der Waals surface area contributed by atoms with Gasteiger partial charge in [-0.05, 0) is 50.8 Å². The van der Waals surface area contributed by atoms with Gasteiger partial charge < -0.3 is 9.84 Å². The highest BCUT2D eigenvalue weighted by molar-refractivity contribution is 6.12. The lowest BCUT2D eigenvalue weighted by molar-refractivity contribution is 0.103. The van der Waals surface area contributed by atoms with E-state index in [9.17, 15) is 4.79 Å². The van der Waals surface area contributed by atoms with Crippen molar-refractivity contribution in [3.05, 3.63) is 65.0 Å². The molecule has 0 bridgehead atoms. The molecule has 3 nitrogen and oxygen atoms in total. The molecule has 1 aliphatic carbocycles. The van der Waals surface area contributed by atoms with Crippen LogP contribution in [0.3, 0.4) is 0 Å². The molecule has 1 aromatic rings. The molecule has 0 aliphatic heterocycles. The van der Waals surface area contributed by atoms with Crippen molar-refractivity contribution in [1.82, 2.24) is 0 Å². The SMILES string of the molecule is C=C(O)CCCOc1cc(C)ccc1C(=O)C1=C(C)CCC=C1. The molecule has 0 heterocycles. The molecule has 122 valence electrons. The molecule has 0 spiro atoms. The number of hydrogen-bond acceptors (Lipinski definition) is 3. The number of aryl methyl sites for hydroxylation is 1. The first-order chi connectivity index (χ1) is 11.0. The van der Waals surface area contributed by atoms with Gasteiger partial charge in [0.15, 0.2) is 5.78 Å². The van der Waals surface area contributed by atoms with Crippen molar-refractivity contribution < 1.29 is 14.6 Å². The lowest BCUT2D eigenvalue weighted by Gasteiger charge is -2.15. The molecule has 1 aliphatic rings. The number of hydrogen-bond donors (Lipinski definition) is 1. The second-order valence-electron chi connectivity index (χ2n) is 5.98. The molecular weight excluding hydrogens is 288 g/mol. The van der Waals surface area contributed by atoms with Crippen LogP contribution in [0.15, 0.2) is 53.8 Å². The van der Waals surface area contributed by atoms with Crippen molar-refractivity contribution in [1.29, 1.82) is 0 Å². The van der Waals surface area contributed by atoms with Crippen LogP contribution in [0.2, 0.25) is 0 Å². The Labute approximate surface area is 138 Å². The second kappa shape index (κ2) is 7.82. The molecule has 1 N–H and O–H groups in total. The first-order valence-corrected chi connectivity index (χ1v) is 8.00. The van der Waals surface area contributed by atoms with Gasteiger partial charge >= 0.3 is 0 Å². The van der Waals surface area contributed by atoms with Gasteiger partial charge in [0.2, 0.25) is 0 Å². The zero-order valence-electron chi connectivity index (χ0n) is 13.9. The molecule has 0 amide bonds. The van der Waals surface area contributed by atoms with Crippen molar-refractivity contribution in [2.24, 2.45) is 0 Å². The van der Waals surface area contributed by atoms with E-state index in [2.05, 4.69) is 6.58 Å². The van der Waals surface area contributed by atoms with Crippen LogP contribution in [0.4, 0.5) is 0 Å². The summed E-state index contributed by atoms with van der Waals surface area (Å²) in [6, 6.07) is 5.65. The summed E-state index contributed by atoms with van der Waals surface area (Å²) >= 11 is 0. The Kier molecular flexibility index (Phi) is 5.80. The smallest absolute Gasteiger partial charge is 0.196 e. The molecule has 0 aromatic heterocycles. The van der Waals surface area contributed by atoms with Gasteiger partial charge in [0.05, 0.1) is 17.9 Å². The van der Waals surface area contributed by atoms with E-state index in [0.29, 0.717) is 30.8 Å². The molecule has 0 saturated carbocycles. The van der Waals surface area contributed by atoms with Crippen LogP contribution in [-0.2, 0) is 0 Å². The Morgan fingerprint density at radius 3 is 2.83 bits per heavy atom. The van der Waals surface area contributed by atoms with Crippen LogP contribution in [0, 0.1) is 6.92 Å². The van der Waals surface area contributed by atoms with Crippen molar-refractivity contribution in [3.8, 4) is 5.75 Å². The minimum Gasteiger partial charge on any atom is -0.513 e. The molecule has 1 aromatic carbocycles. The molecule has 0 fully saturated rings. The standard InChI is InChI=1S/C20H24O3/c1-14-10-11-18(19(13-14)23-12-6-8-16(3)21)20(22)17-9-5-4-7-15(17)2/h5,9-11,13,21H,3-4,6-8,12H2,1-2H3. The van der Waals surface area contributed by atoms with Crippen molar-refractivity contribution in [2.45, 2.75) is 39.5 Å². The van der Waals surface area contributed by atoms with E-state index < -0.39 is 0 Å². The van der Waals surface area contributed by atoms with Crippen LogP contribution in [0.25, 0.3) is 0 Å². The van der Waals surface area contributed by atoms with Crippen LogP contribution in [-0.4, -0.2) is 17.5 Å². The van der Waals surface area contributed by atoms with Crippen molar-refractivity contribution >= 4 is 5.78 Å². The van der Waals surface area contributed by atoms with Gasteiger partial charge in [0, 0.05) is 12.0 Å². The number of rotatable bonds is 7. The maximum atomic E-state index is 12.8. The average molecular weight is 312 g/mol. The van der Waals surface area contributed by atoms with Gasteiger partial charge in [0.25, 0.3) is 0 Å². The second-order valence-corrected chi connectivity index (χ2v) is 5.98. The number of ketones is 1. The Balaban J connectivity index is 2.19. The zero-order valence-corrected chi connectivity index (χ0v) is 13.9. The van der Waals surface area contributed by atoms with Gasteiger partial charge in [-0.15, -0.1) is 0 Å². The van der Waals surface area contributed by atoms with Crippen molar-refractivity contribution in [2.75, 3.05) is 6.61 Å². The van der Waals surface area contributed by atoms with Crippen LogP contribution in [0.5, 0.6) is 5.75 Å². The summed E-state index contributed by atoms with van der Waals surface area (Å²) in [6.45, 7) is 7.89. The Morgan fingerprint density at radius 2 is 2.13 bits per heavy atom. The van der Waals surface area contributed by atoms with E-state index >= 15 is 0 Å². The number of allylic oxidation sites excluding steroid dienone is 5. The van der Waals surface area contributed by atoms with Gasteiger partial charge in [-0.25, -0.2) is 0 Å². The predicted octanol–water partition coefficient (Wildman–Crippen LogP) is 5.07. The molecule has 0 saturated heterocycles. The Hall–Kier alpha value is -2.29. The number of carbonyl (C=O) groups is 1. The third-order valence-corrected chi connectivity index (χ3v) is 3.92. The largest absolute Gasteiger partial charge is 0.513 e. The zero-order chi connectivity index (χ0) is 16.8. The molecule has 0 unspecified atom stereocenters. The summed E-state index contributed by atoms with van der Waals surface area (Å²) in [6.07, 6.45) is 7.05. The van der Waals surface area contributed by atoms with Gasteiger partial charge in [-0.2, -0.15) is 0 Å². The van der Waals surface area contributed by atoms with Crippen LogP contribution in [0.1, 0.15) is 48.5 Å². The fourth-order valence-electron chi connectivity index (χ4n) is 2.59. The van der Waals surface area contributed by atoms with Crippen LogP contribution < -0.4 is 4.74 Å². The summed E-state index contributed by atoms with van der Waals surface area (Å²) in [4.78, 5) is 12.8. The van der Waals surface area contributed by atoms with Crippen molar-refractivity contribution in [3.63, 3.8) is 0 Å². The van der Waals surface area contributed by atoms with Crippen LogP contribution >= 0.6 is 0 Å². The lowest BCUT2D eigenvalue weighted by atomic mass is 9.92. The van der Waals surface area contributed by atoms with E-state index in [1.54, 1.807) is 0 Å². The molecule has 0 radical (unpaired) electrons. The van der Waals surface area contributed by atoms with Gasteiger partial charge in [0.1, 0.15) is 5.75 Å². The molecule has 23 heavy (non-hydrogen) atoms. The third-order valence-electron chi connectivity index (χ3n) is 3.92. The average Bonchev–Trinajstić information content (AvgIpc) is 2.51. The number of benzene rings is 1. The summed E-state index contributed by atoms with van der Waals surface area (Å²) in [5.41, 5.74) is 3.54. The summed E-state index contributed by atoms with van der Waals surface area (Å²) in [7, 11) is 0. The number of aliphatic hydroxyl groups excluding tert-OH is 1. The minimum atomic E-state index is 0.0139. The summed E-state index contributed by atoms with van der Waals surface area (Å²) in [5, 5.41) is 9.12. The first-order valence-electron chi connectivity index (χ1n) is 8.00. The first kappa shape index (κ1) is 17.1.